The van der Waals surface area contributed by atoms with E-state index >= 15 is 0 Å². The molecule has 1 N–H and O–H groups in total. The number of hydrogen-bond acceptors (Lipinski definition) is 4. The summed E-state index contributed by atoms with van der Waals surface area (Å²) in [5.41, 5.74) is -1.85. The largest absolute Gasteiger partial charge is 0.383 e. The van der Waals surface area contributed by atoms with Crippen LogP contribution in [0.5, 0.6) is 0 Å². The van der Waals surface area contributed by atoms with Crippen molar-refractivity contribution < 1.29 is 14.6 Å². The van der Waals surface area contributed by atoms with Gasteiger partial charge in [-0.2, -0.15) is 5.26 Å². The monoisotopic (exact) mass is 255 g/mol. The maximum absolute atomic E-state index is 10.7. The van der Waals surface area contributed by atoms with Crippen LogP contribution in [0.3, 0.4) is 0 Å². The Morgan fingerprint density at radius 2 is 1.61 bits per heavy atom. The van der Waals surface area contributed by atoms with Crippen molar-refractivity contribution in [2.24, 2.45) is 10.8 Å². The number of aliphatic hydroxyl groups is 1. The molecule has 1 unspecified atom stereocenters. The van der Waals surface area contributed by atoms with E-state index in [9.17, 15) is 10.4 Å². The summed E-state index contributed by atoms with van der Waals surface area (Å²) in [6.45, 7) is 6.05. The average molecular weight is 255 g/mol. The summed E-state index contributed by atoms with van der Waals surface area (Å²) >= 11 is 0. The molecule has 0 aromatic heterocycles. The molecule has 1 fully saturated rings. The van der Waals surface area contributed by atoms with E-state index in [2.05, 4.69) is 19.9 Å². The summed E-state index contributed by atoms with van der Waals surface area (Å²) in [6, 6.07) is 2.33. The Balaban J connectivity index is 2.99. The first kappa shape index (κ1) is 15.4. The lowest BCUT2D eigenvalue weighted by atomic mass is 9.59. The molecule has 1 aliphatic carbocycles. The van der Waals surface area contributed by atoms with E-state index in [0.717, 1.165) is 12.8 Å². The maximum atomic E-state index is 10.7. The summed E-state index contributed by atoms with van der Waals surface area (Å²) in [5.74, 6) is 0. The molecule has 0 aromatic rings. The molecule has 4 heteroatoms. The molecule has 0 bridgehead atoms. The van der Waals surface area contributed by atoms with Crippen LogP contribution in [0.4, 0.5) is 0 Å². The minimum Gasteiger partial charge on any atom is -0.383 e. The van der Waals surface area contributed by atoms with E-state index in [-0.39, 0.29) is 5.41 Å². The van der Waals surface area contributed by atoms with E-state index in [1.165, 1.54) is 14.2 Å². The third-order valence-electron chi connectivity index (χ3n) is 4.53. The lowest BCUT2D eigenvalue weighted by Crippen LogP contribution is -2.56. The van der Waals surface area contributed by atoms with Crippen molar-refractivity contribution in [2.45, 2.75) is 58.3 Å². The van der Waals surface area contributed by atoms with Crippen LogP contribution >= 0.6 is 0 Å². The quantitative estimate of drug-likeness (QED) is 0.784. The van der Waals surface area contributed by atoms with Crippen molar-refractivity contribution in [3.8, 4) is 6.07 Å². The summed E-state index contributed by atoms with van der Waals surface area (Å²) in [6.07, 6.45) is 2.42. The normalized spacial score (nSPS) is 25.4. The fourth-order valence-electron chi connectivity index (χ4n) is 2.87. The molecular formula is C14H25NO3. The predicted molar refractivity (Wildman–Crippen MR) is 68.7 cm³/mol. The SMILES string of the molecule is COC(OC)C(C)(O)C1(C#N)CCC(C)(C)CC1. The Morgan fingerprint density at radius 1 is 1.17 bits per heavy atom. The topological polar surface area (TPSA) is 62.5 Å². The third-order valence-corrected chi connectivity index (χ3v) is 4.53. The van der Waals surface area contributed by atoms with Gasteiger partial charge in [0.1, 0.15) is 5.60 Å². The Labute approximate surface area is 110 Å². The fraction of sp³-hybridized carbons (Fsp3) is 0.929. The molecule has 0 amide bonds. The van der Waals surface area contributed by atoms with Gasteiger partial charge in [0, 0.05) is 14.2 Å². The van der Waals surface area contributed by atoms with E-state index in [1.54, 1.807) is 6.92 Å². The first-order valence-corrected chi connectivity index (χ1v) is 6.44. The van der Waals surface area contributed by atoms with Gasteiger partial charge in [0.25, 0.3) is 0 Å². The molecular weight excluding hydrogens is 230 g/mol. The van der Waals surface area contributed by atoms with E-state index < -0.39 is 17.3 Å². The van der Waals surface area contributed by atoms with Gasteiger partial charge in [0.15, 0.2) is 6.29 Å². The molecule has 0 aromatic carbocycles. The number of hydrogen-bond donors (Lipinski definition) is 1. The van der Waals surface area contributed by atoms with Crippen LogP contribution in [0.15, 0.2) is 0 Å². The van der Waals surface area contributed by atoms with Crippen molar-refractivity contribution in [2.75, 3.05) is 14.2 Å². The van der Waals surface area contributed by atoms with E-state index in [4.69, 9.17) is 9.47 Å². The highest BCUT2D eigenvalue weighted by Crippen LogP contribution is 2.51. The predicted octanol–water partition coefficient (Wildman–Crippen LogP) is 2.47. The lowest BCUT2D eigenvalue weighted by Gasteiger charge is -2.48. The average Bonchev–Trinajstić information content (AvgIpc) is 2.30. The lowest BCUT2D eigenvalue weighted by molar-refractivity contribution is -0.247. The molecule has 18 heavy (non-hydrogen) atoms. The number of methoxy groups -OCH3 is 2. The van der Waals surface area contributed by atoms with Gasteiger partial charge in [0.05, 0.1) is 11.5 Å². The number of ether oxygens (including phenoxy) is 2. The maximum Gasteiger partial charge on any atom is 0.186 e. The number of nitrogens with zero attached hydrogens (tertiary/aromatic N) is 1. The molecule has 104 valence electrons. The van der Waals surface area contributed by atoms with Gasteiger partial charge in [0.2, 0.25) is 0 Å². The number of rotatable bonds is 4. The Kier molecular flexibility index (Phi) is 4.42. The minimum atomic E-state index is -1.30. The molecule has 1 rings (SSSR count). The third kappa shape index (κ3) is 2.54. The van der Waals surface area contributed by atoms with Crippen LogP contribution in [0.2, 0.25) is 0 Å². The van der Waals surface area contributed by atoms with Gasteiger partial charge in [-0.15, -0.1) is 0 Å². The van der Waals surface area contributed by atoms with Gasteiger partial charge in [-0.1, -0.05) is 13.8 Å². The molecule has 1 saturated carbocycles. The van der Waals surface area contributed by atoms with Crippen LogP contribution in [0.25, 0.3) is 0 Å². The minimum absolute atomic E-state index is 0.242. The second-order valence-corrected chi connectivity index (χ2v) is 6.31. The Bertz CT molecular complexity index is 316. The van der Waals surface area contributed by atoms with Gasteiger partial charge < -0.3 is 14.6 Å². The standard InChI is InChI=1S/C14H25NO3/c1-12(2)6-8-14(10-15,9-7-12)13(3,16)11(17-4)18-5/h11,16H,6-9H2,1-5H3. The molecule has 4 nitrogen and oxygen atoms in total. The molecule has 0 aliphatic heterocycles. The molecule has 1 atom stereocenters. The number of nitriles is 1. The summed E-state index contributed by atoms with van der Waals surface area (Å²) < 4.78 is 10.3. The fourth-order valence-corrected chi connectivity index (χ4v) is 2.87. The van der Waals surface area contributed by atoms with Crippen LogP contribution in [0, 0.1) is 22.2 Å². The van der Waals surface area contributed by atoms with Crippen LogP contribution < -0.4 is 0 Å². The van der Waals surface area contributed by atoms with Crippen molar-refractivity contribution in [1.82, 2.24) is 0 Å². The first-order valence-electron chi connectivity index (χ1n) is 6.44. The van der Waals surface area contributed by atoms with E-state index in [0.29, 0.717) is 12.8 Å². The summed E-state index contributed by atoms with van der Waals surface area (Å²) in [7, 11) is 2.97. The van der Waals surface area contributed by atoms with Crippen LogP contribution in [-0.2, 0) is 9.47 Å². The van der Waals surface area contributed by atoms with Gasteiger partial charge in [-0.3, -0.25) is 0 Å². The second-order valence-electron chi connectivity index (χ2n) is 6.31. The highest BCUT2D eigenvalue weighted by atomic mass is 16.7. The molecule has 1 aliphatic rings. The first-order chi connectivity index (χ1) is 8.24. The van der Waals surface area contributed by atoms with Gasteiger partial charge in [-0.25, -0.2) is 0 Å². The molecule has 0 radical (unpaired) electrons. The zero-order chi connectivity index (χ0) is 14.0. The molecule has 0 heterocycles. The zero-order valence-corrected chi connectivity index (χ0v) is 12.1. The van der Waals surface area contributed by atoms with Crippen molar-refractivity contribution >= 4 is 0 Å². The van der Waals surface area contributed by atoms with Crippen molar-refractivity contribution in [1.29, 1.82) is 5.26 Å². The highest BCUT2D eigenvalue weighted by Gasteiger charge is 2.55. The Hall–Kier alpha value is -0.630. The van der Waals surface area contributed by atoms with E-state index in [1.807, 2.05) is 0 Å². The zero-order valence-electron chi connectivity index (χ0n) is 12.1. The van der Waals surface area contributed by atoms with Crippen LogP contribution in [-0.4, -0.2) is 31.2 Å². The summed E-state index contributed by atoms with van der Waals surface area (Å²) in [5, 5.41) is 20.3. The van der Waals surface area contributed by atoms with Gasteiger partial charge >= 0.3 is 0 Å². The van der Waals surface area contributed by atoms with Crippen molar-refractivity contribution in [3.05, 3.63) is 0 Å². The Morgan fingerprint density at radius 3 is 1.94 bits per heavy atom. The second kappa shape index (κ2) is 5.16. The smallest absolute Gasteiger partial charge is 0.186 e. The van der Waals surface area contributed by atoms with Crippen molar-refractivity contribution in [3.63, 3.8) is 0 Å². The molecule has 0 spiro atoms. The van der Waals surface area contributed by atoms with Gasteiger partial charge in [-0.05, 0) is 38.0 Å². The molecule has 0 saturated heterocycles. The summed E-state index contributed by atoms with van der Waals surface area (Å²) in [4.78, 5) is 0. The van der Waals surface area contributed by atoms with Crippen LogP contribution in [0.1, 0.15) is 46.5 Å². The highest BCUT2D eigenvalue weighted by molar-refractivity contribution is 5.13.